The number of aromatic nitrogens is 2. The van der Waals surface area contributed by atoms with Crippen molar-refractivity contribution in [2.45, 2.75) is 18.1 Å². The van der Waals surface area contributed by atoms with Crippen LogP contribution in [0.5, 0.6) is 0 Å². The van der Waals surface area contributed by atoms with Crippen LogP contribution in [0.2, 0.25) is 0 Å². The smallest absolute Gasteiger partial charge is 0.221 e. The van der Waals surface area contributed by atoms with Crippen LogP contribution >= 0.6 is 0 Å². The molecule has 0 radical (unpaired) electrons. The van der Waals surface area contributed by atoms with Crippen molar-refractivity contribution in [3.8, 4) is 11.8 Å². The predicted octanol–water partition coefficient (Wildman–Crippen LogP) is 1.91. The van der Waals surface area contributed by atoms with Gasteiger partial charge in [-0.2, -0.15) is 4.98 Å². The van der Waals surface area contributed by atoms with Gasteiger partial charge in [-0.15, -0.1) is 0 Å². The Hall–Kier alpha value is -4.07. The number of anilines is 2. The molecule has 0 saturated carbocycles. The molecule has 1 aliphatic rings. The van der Waals surface area contributed by atoms with Crippen molar-refractivity contribution in [1.82, 2.24) is 9.97 Å². The molecular weight excluding hydrogens is 438 g/mol. The van der Waals surface area contributed by atoms with Crippen molar-refractivity contribution in [2.24, 2.45) is 5.16 Å². The molecule has 2 atom stereocenters. The topological polar surface area (TPSA) is 147 Å². The zero-order chi connectivity index (χ0) is 24.7. The van der Waals surface area contributed by atoms with Gasteiger partial charge in [-0.3, -0.25) is 0 Å². The first kappa shape index (κ1) is 24.6. The highest BCUT2D eigenvalue weighted by Crippen LogP contribution is 2.43. The number of hydrogen-bond acceptors (Lipinski definition) is 10. The summed E-state index contributed by atoms with van der Waals surface area (Å²) in [4.78, 5) is 8.13. The lowest BCUT2D eigenvalue weighted by molar-refractivity contribution is -0.0971. The molecule has 10 nitrogen and oxygen atoms in total. The molecule has 1 heterocycles. The van der Waals surface area contributed by atoms with Gasteiger partial charge in [0, 0.05) is 38.0 Å². The van der Waals surface area contributed by atoms with Crippen LogP contribution in [0.25, 0.3) is 0 Å². The summed E-state index contributed by atoms with van der Waals surface area (Å²) < 4.78 is 23.3. The highest BCUT2D eigenvalue weighted by atomic mass is 16.6. The third-order valence-corrected chi connectivity index (χ3v) is 5.51. The van der Waals surface area contributed by atoms with Gasteiger partial charge in [-0.1, -0.05) is 35.2 Å². The zero-order valence-electron chi connectivity index (χ0n) is 19.4. The van der Waals surface area contributed by atoms with Crippen LogP contribution in [0.4, 0.5) is 11.8 Å². The quantitative estimate of drug-likeness (QED) is 0.241. The number of nitrogens with zero attached hydrogens (tertiary/aromatic N) is 3. The summed E-state index contributed by atoms with van der Waals surface area (Å²) >= 11 is 0. The molecule has 0 amide bonds. The van der Waals surface area contributed by atoms with E-state index in [4.69, 9.17) is 30.4 Å². The van der Waals surface area contributed by atoms with E-state index < -0.39 is 11.7 Å². The summed E-state index contributed by atoms with van der Waals surface area (Å²) in [5, 5.41) is 12.7. The van der Waals surface area contributed by atoms with Crippen LogP contribution in [-0.2, 0) is 25.4 Å². The van der Waals surface area contributed by atoms with Gasteiger partial charge in [0.15, 0.2) is 17.6 Å². The number of benzene rings is 1. The molecular formula is C24H27N5O5. The largest absolute Gasteiger partial charge is 0.494 e. The molecule has 5 N–H and O–H groups in total. The van der Waals surface area contributed by atoms with Crippen molar-refractivity contribution in [1.29, 1.82) is 0 Å². The summed E-state index contributed by atoms with van der Waals surface area (Å²) in [6, 6.07) is 9.41. The Labute approximate surface area is 197 Å². The second-order valence-electron chi connectivity index (χ2n) is 7.28. The van der Waals surface area contributed by atoms with E-state index in [9.17, 15) is 5.21 Å². The third-order valence-electron chi connectivity index (χ3n) is 5.51. The first-order valence-electron chi connectivity index (χ1n) is 10.2. The van der Waals surface area contributed by atoms with Gasteiger partial charge in [0.05, 0.1) is 31.6 Å². The molecule has 178 valence electrons. The van der Waals surface area contributed by atoms with Gasteiger partial charge in [-0.05, 0) is 12.1 Å². The second kappa shape index (κ2) is 10.7. The molecule has 1 aliphatic carbocycles. The molecule has 0 fully saturated rings. The number of hydrogen-bond donors (Lipinski definition) is 3. The average Bonchev–Trinajstić information content (AvgIpc) is 2.85. The van der Waals surface area contributed by atoms with E-state index in [1.165, 1.54) is 40.9 Å². The first-order chi connectivity index (χ1) is 16.4. The van der Waals surface area contributed by atoms with Gasteiger partial charge in [0.2, 0.25) is 5.95 Å². The number of methoxy groups -OCH3 is 4. The third kappa shape index (κ3) is 4.52. The van der Waals surface area contributed by atoms with Crippen molar-refractivity contribution in [3.63, 3.8) is 0 Å². The molecule has 0 aliphatic heterocycles. The molecule has 2 unspecified atom stereocenters. The van der Waals surface area contributed by atoms with Gasteiger partial charge in [-0.25, -0.2) is 4.98 Å². The van der Waals surface area contributed by atoms with Crippen molar-refractivity contribution >= 4 is 18.0 Å². The number of nitrogens with two attached hydrogens (primary N) is 2. The SMILES string of the molecule is COC1=C(OC)C(OC)C(Cc2cnc(N)nc2N)(OC)C(C#Cc2ccccc2)=C1C=NO. The Morgan fingerprint density at radius 1 is 1.12 bits per heavy atom. The van der Waals surface area contributed by atoms with Crippen LogP contribution < -0.4 is 11.5 Å². The van der Waals surface area contributed by atoms with Crippen LogP contribution in [0.1, 0.15) is 11.1 Å². The predicted molar refractivity (Wildman–Crippen MR) is 127 cm³/mol. The average molecular weight is 466 g/mol. The molecule has 3 rings (SSSR count). The van der Waals surface area contributed by atoms with E-state index in [2.05, 4.69) is 27.0 Å². The molecule has 10 heteroatoms. The Bertz CT molecular complexity index is 1180. The lowest BCUT2D eigenvalue weighted by Gasteiger charge is -2.43. The molecule has 2 aromatic rings. The normalized spacial score (nSPS) is 20.3. The van der Waals surface area contributed by atoms with E-state index in [1.54, 1.807) is 0 Å². The fraction of sp³-hybridized carbons (Fsp3) is 0.292. The monoisotopic (exact) mass is 465 g/mol. The maximum Gasteiger partial charge on any atom is 0.221 e. The summed E-state index contributed by atoms with van der Waals surface area (Å²) in [5.41, 5.74) is 12.7. The number of ether oxygens (including phenoxy) is 4. The van der Waals surface area contributed by atoms with Crippen molar-refractivity contribution in [2.75, 3.05) is 39.9 Å². The second-order valence-corrected chi connectivity index (χ2v) is 7.28. The van der Waals surface area contributed by atoms with E-state index in [1.807, 2.05) is 30.3 Å². The molecule has 1 aromatic heterocycles. The Morgan fingerprint density at radius 2 is 1.85 bits per heavy atom. The molecule has 0 saturated heterocycles. The van der Waals surface area contributed by atoms with Gasteiger partial charge < -0.3 is 35.6 Å². The summed E-state index contributed by atoms with van der Waals surface area (Å²) in [5.74, 6) is 7.17. The van der Waals surface area contributed by atoms with E-state index >= 15 is 0 Å². The number of rotatable bonds is 7. The lowest BCUT2D eigenvalue weighted by atomic mass is 9.75. The Balaban J connectivity index is 2.35. The number of nitrogen functional groups attached to an aromatic ring is 2. The molecule has 0 bridgehead atoms. The zero-order valence-corrected chi connectivity index (χ0v) is 19.4. The molecule has 34 heavy (non-hydrogen) atoms. The molecule has 1 aromatic carbocycles. The minimum absolute atomic E-state index is 0.0477. The highest BCUT2D eigenvalue weighted by Gasteiger charge is 2.52. The highest BCUT2D eigenvalue weighted by molar-refractivity contribution is 5.88. The van der Waals surface area contributed by atoms with E-state index in [0.717, 1.165) is 5.56 Å². The lowest BCUT2D eigenvalue weighted by Crippen LogP contribution is -2.53. The van der Waals surface area contributed by atoms with Crippen LogP contribution in [0, 0.1) is 11.8 Å². The standard InChI is InChI=1S/C24H27N5O5/c1-31-19-17(14-28-30)18(11-10-15-8-6-5-7-9-15)24(34-4,21(33-3)20(19)32-2)12-16-13-27-23(26)29-22(16)25/h5-9,13-14,21,30H,12H2,1-4H3,(H4,25,26,27,29). The first-order valence-corrected chi connectivity index (χ1v) is 10.2. The summed E-state index contributed by atoms with van der Waals surface area (Å²) in [6.45, 7) is 0. The van der Waals surface area contributed by atoms with Gasteiger partial charge >= 0.3 is 0 Å². The van der Waals surface area contributed by atoms with Crippen molar-refractivity contribution < 1.29 is 24.2 Å². The van der Waals surface area contributed by atoms with Gasteiger partial charge in [0.1, 0.15) is 11.4 Å². The van der Waals surface area contributed by atoms with Gasteiger partial charge in [0.25, 0.3) is 0 Å². The van der Waals surface area contributed by atoms with Crippen LogP contribution in [-0.4, -0.2) is 61.5 Å². The maximum absolute atomic E-state index is 9.47. The van der Waals surface area contributed by atoms with Crippen molar-refractivity contribution in [3.05, 3.63) is 70.3 Å². The fourth-order valence-electron chi connectivity index (χ4n) is 3.97. The maximum atomic E-state index is 9.47. The number of allylic oxidation sites excluding steroid dienone is 1. The summed E-state index contributed by atoms with van der Waals surface area (Å²) in [6.07, 6.45) is 2.06. The minimum atomic E-state index is -1.28. The fourth-order valence-corrected chi connectivity index (χ4v) is 3.97. The Kier molecular flexibility index (Phi) is 7.73. The number of oxime groups is 1. The van der Waals surface area contributed by atoms with E-state index in [0.29, 0.717) is 28.2 Å². The van der Waals surface area contributed by atoms with E-state index in [-0.39, 0.29) is 18.2 Å². The molecule has 0 spiro atoms. The summed E-state index contributed by atoms with van der Waals surface area (Å²) in [7, 11) is 5.99. The minimum Gasteiger partial charge on any atom is -0.494 e. The van der Waals surface area contributed by atoms with Crippen LogP contribution in [0.3, 0.4) is 0 Å². The Morgan fingerprint density at radius 3 is 2.41 bits per heavy atom. The van der Waals surface area contributed by atoms with Crippen LogP contribution in [0.15, 0.2) is 64.3 Å².